The van der Waals surface area contributed by atoms with Gasteiger partial charge in [-0.1, -0.05) is 18.2 Å². The quantitative estimate of drug-likeness (QED) is 0.806. The fourth-order valence-electron chi connectivity index (χ4n) is 1.92. The van der Waals surface area contributed by atoms with Crippen molar-refractivity contribution in [2.45, 2.75) is 19.6 Å². The topological polar surface area (TPSA) is 64.6 Å². The fraction of sp³-hybridized carbons (Fsp3) is 0.176. The second-order valence-corrected chi connectivity index (χ2v) is 4.92. The Hall–Kier alpha value is -3.03. The van der Waals surface area contributed by atoms with Crippen molar-refractivity contribution in [2.24, 2.45) is 0 Å². The van der Waals surface area contributed by atoms with Gasteiger partial charge in [-0.15, -0.1) is 0 Å². The van der Waals surface area contributed by atoms with Crippen LogP contribution in [0.1, 0.15) is 17.3 Å². The molecule has 0 aromatic heterocycles. The van der Waals surface area contributed by atoms with E-state index in [0.717, 1.165) is 6.07 Å². The van der Waals surface area contributed by atoms with Crippen LogP contribution >= 0.6 is 0 Å². The molecule has 0 radical (unpaired) electrons. The van der Waals surface area contributed by atoms with Gasteiger partial charge in [0.15, 0.2) is 6.10 Å². The standard InChI is InChI=1S/C17H14F3NO4/c1-10(15(22)21-12-6-4-5-11(18)9-12)24-16(23)13-7-2-3-8-14(13)25-17(19)20/h2-10,17H,1H3,(H,21,22)/t10-/m0/s1. The molecule has 0 saturated heterocycles. The summed E-state index contributed by atoms with van der Waals surface area (Å²) in [6.45, 7) is -1.81. The molecule has 0 saturated carbocycles. The minimum absolute atomic E-state index is 0.189. The van der Waals surface area contributed by atoms with Crippen LogP contribution in [0.2, 0.25) is 0 Å². The van der Waals surface area contributed by atoms with Gasteiger partial charge in [0.1, 0.15) is 17.1 Å². The first kappa shape index (κ1) is 18.3. The summed E-state index contributed by atoms with van der Waals surface area (Å²) in [5, 5.41) is 2.38. The zero-order chi connectivity index (χ0) is 18.4. The molecule has 2 rings (SSSR count). The van der Waals surface area contributed by atoms with Crippen molar-refractivity contribution < 1.29 is 32.2 Å². The van der Waals surface area contributed by atoms with Gasteiger partial charge in [-0.3, -0.25) is 4.79 Å². The maximum atomic E-state index is 13.1. The summed E-state index contributed by atoms with van der Waals surface area (Å²) < 4.78 is 47.0. The van der Waals surface area contributed by atoms with Crippen molar-refractivity contribution >= 4 is 17.6 Å². The van der Waals surface area contributed by atoms with Crippen LogP contribution in [-0.4, -0.2) is 24.6 Å². The minimum atomic E-state index is -3.11. The van der Waals surface area contributed by atoms with Crippen molar-refractivity contribution in [3.05, 3.63) is 59.9 Å². The van der Waals surface area contributed by atoms with E-state index in [4.69, 9.17) is 4.74 Å². The molecule has 0 fully saturated rings. The number of alkyl halides is 2. The average molecular weight is 353 g/mol. The van der Waals surface area contributed by atoms with Crippen molar-refractivity contribution in [3.8, 4) is 5.75 Å². The van der Waals surface area contributed by atoms with Crippen molar-refractivity contribution in [1.82, 2.24) is 0 Å². The number of anilines is 1. The first-order chi connectivity index (χ1) is 11.9. The number of esters is 1. The Morgan fingerprint density at radius 3 is 2.48 bits per heavy atom. The van der Waals surface area contributed by atoms with Gasteiger partial charge < -0.3 is 14.8 Å². The molecule has 0 unspecified atom stereocenters. The number of halogens is 3. The van der Waals surface area contributed by atoms with E-state index in [-0.39, 0.29) is 17.0 Å². The molecule has 0 bridgehead atoms. The van der Waals surface area contributed by atoms with Crippen molar-refractivity contribution in [3.63, 3.8) is 0 Å². The van der Waals surface area contributed by atoms with Gasteiger partial charge in [-0.05, 0) is 37.3 Å². The highest BCUT2D eigenvalue weighted by atomic mass is 19.3. The molecule has 0 aliphatic rings. The second-order valence-electron chi connectivity index (χ2n) is 4.92. The van der Waals surface area contributed by atoms with Crippen LogP contribution in [0.15, 0.2) is 48.5 Å². The van der Waals surface area contributed by atoms with Gasteiger partial charge in [0.2, 0.25) is 0 Å². The third-order valence-electron chi connectivity index (χ3n) is 3.07. The summed E-state index contributed by atoms with van der Waals surface area (Å²) in [4.78, 5) is 24.1. The summed E-state index contributed by atoms with van der Waals surface area (Å²) in [7, 11) is 0. The minimum Gasteiger partial charge on any atom is -0.449 e. The molecule has 0 spiro atoms. The van der Waals surface area contributed by atoms with Crippen LogP contribution in [0.25, 0.3) is 0 Å². The van der Waals surface area contributed by atoms with Crippen LogP contribution in [0.4, 0.5) is 18.9 Å². The molecule has 0 aliphatic carbocycles. The summed E-state index contributed by atoms with van der Waals surface area (Å²) in [6, 6.07) is 10.4. The fourth-order valence-corrected chi connectivity index (χ4v) is 1.92. The van der Waals surface area contributed by atoms with Crippen LogP contribution in [0.3, 0.4) is 0 Å². The predicted octanol–water partition coefficient (Wildman–Crippen LogP) is 3.61. The third kappa shape index (κ3) is 5.23. The number of nitrogens with one attached hydrogen (secondary N) is 1. The molecule has 132 valence electrons. The van der Waals surface area contributed by atoms with Gasteiger partial charge >= 0.3 is 12.6 Å². The van der Waals surface area contributed by atoms with E-state index >= 15 is 0 Å². The van der Waals surface area contributed by atoms with Gasteiger partial charge in [-0.2, -0.15) is 8.78 Å². The Labute approximate surface area is 141 Å². The lowest BCUT2D eigenvalue weighted by Crippen LogP contribution is -2.30. The number of hydrogen-bond acceptors (Lipinski definition) is 4. The zero-order valence-corrected chi connectivity index (χ0v) is 13.0. The van der Waals surface area contributed by atoms with Gasteiger partial charge in [0, 0.05) is 5.69 Å². The first-order valence-electron chi connectivity index (χ1n) is 7.18. The van der Waals surface area contributed by atoms with Crippen LogP contribution in [0.5, 0.6) is 5.75 Å². The lowest BCUT2D eigenvalue weighted by atomic mass is 10.2. The second kappa shape index (κ2) is 8.18. The molecule has 8 heteroatoms. The Morgan fingerprint density at radius 1 is 1.08 bits per heavy atom. The number of amides is 1. The van der Waals surface area contributed by atoms with Crippen LogP contribution in [-0.2, 0) is 9.53 Å². The lowest BCUT2D eigenvalue weighted by Gasteiger charge is -2.15. The number of carbonyl (C=O) groups is 2. The normalized spacial score (nSPS) is 11.7. The molecule has 5 nitrogen and oxygen atoms in total. The Bertz CT molecular complexity index is 767. The number of ether oxygens (including phenoxy) is 2. The number of carbonyl (C=O) groups excluding carboxylic acids is 2. The van der Waals surface area contributed by atoms with E-state index < -0.39 is 30.4 Å². The number of benzene rings is 2. The largest absolute Gasteiger partial charge is 0.449 e. The highest BCUT2D eigenvalue weighted by Crippen LogP contribution is 2.21. The third-order valence-corrected chi connectivity index (χ3v) is 3.07. The molecule has 1 N–H and O–H groups in total. The maximum Gasteiger partial charge on any atom is 0.387 e. The van der Waals surface area contributed by atoms with Crippen molar-refractivity contribution in [1.29, 1.82) is 0 Å². The summed E-state index contributed by atoms with van der Waals surface area (Å²) in [5.74, 6) is -2.61. The predicted molar refractivity (Wildman–Crippen MR) is 83.0 cm³/mol. The SMILES string of the molecule is C[C@H](OC(=O)c1ccccc1OC(F)F)C(=O)Nc1cccc(F)c1. The summed E-state index contributed by atoms with van der Waals surface area (Å²) in [5.41, 5.74) is -0.0532. The van der Waals surface area contributed by atoms with E-state index in [9.17, 15) is 22.8 Å². The molecule has 1 amide bonds. The molecule has 2 aromatic carbocycles. The summed E-state index contributed by atoms with van der Waals surface area (Å²) in [6.07, 6.45) is -1.24. The molecule has 2 aromatic rings. The molecule has 0 aliphatic heterocycles. The molecule has 0 heterocycles. The van der Waals surface area contributed by atoms with Crippen molar-refractivity contribution in [2.75, 3.05) is 5.32 Å². The molecular weight excluding hydrogens is 339 g/mol. The zero-order valence-electron chi connectivity index (χ0n) is 13.0. The van der Waals surface area contributed by atoms with E-state index in [0.29, 0.717) is 0 Å². The molecule has 25 heavy (non-hydrogen) atoms. The summed E-state index contributed by atoms with van der Waals surface area (Å²) >= 11 is 0. The number of rotatable bonds is 6. The highest BCUT2D eigenvalue weighted by Gasteiger charge is 2.22. The van der Waals surface area contributed by atoms with Gasteiger partial charge in [-0.25, -0.2) is 9.18 Å². The highest BCUT2D eigenvalue weighted by molar-refractivity contribution is 5.98. The van der Waals surface area contributed by atoms with E-state index in [1.807, 2.05) is 0 Å². The first-order valence-corrected chi connectivity index (χ1v) is 7.18. The van der Waals surface area contributed by atoms with Gasteiger partial charge in [0.25, 0.3) is 5.91 Å². The monoisotopic (exact) mass is 353 g/mol. The van der Waals surface area contributed by atoms with Crippen LogP contribution in [0, 0.1) is 5.82 Å². The van der Waals surface area contributed by atoms with Gasteiger partial charge in [0.05, 0.1) is 0 Å². The Balaban J connectivity index is 2.03. The van der Waals surface area contributed by atoms with Crippen LogP contribution < -0.4 is 10.1 Å². The average Bonchev–Trinajstić information content (AvgIpc) is 2.54. The van der Waals surface area contributed by atoms with E-state index in [1.165, 1.54) is 49.4 Å². The molecule has 1 atom stereocenters. The number of para-hydroxylation sites is 1. The van der Waals surface area contributed by atoms with E-state index in [1.54, 1.807) is 0 Å². The maximum absolute atomic E-state index is 13.1. The number of hydrogen-bond donors (Lipinski definition) is 1. The lowest BCUT2D eigenvalue weighted by molar-refractivity contribution is -0.123. The van der Waals surface area contributed by atoms with E-state index in [2.05, 4.69) is 10.1 Å². The molecular formula is C17H14F3NO4. The Morgan fingerprint density at radius 2 is 1.80 bits per heavy atom. The Kier molecular flexibility index (Phi) is 5.99. The smallest absolute Gasteiger partial charge is 0.387 e.